The lowest BCUT2D eigenvalue weighted by Crippen LogP contribution is -2.46. The minimum absolute atomic E-state index is 0.0139. The number of β-amino-alcohol motifs (C(OH)–C–C–N with tert-alkyl or cyclic N) is 1. The van der Waals surface area contributed by atoms with E-state index in [9.17, 15) is 14.7 Å². The van der Waals surface area contributed by atoms with Crippen LogP contribution in [0.5, 0.6) is 0 Å². The monoisotopic (exact) mass is 330 g/mol. The van der Waals surface area contributed by atoms with Crippen molar-refractivity contribution in [1.82, 2.24) is 9.80 Å². The van der Waals surface area contributed by atoms with Gasteiger partial charge in [0.25, 0.3) is 0 Å². The zero-order valence-corrected chi connectivity index (χ0v) is 14.1. The number of carbonyl (C=O) groups excluding carboxylic acids is 2. The van der Waals surface area contributed by atoms with Crippen LogP contribution in [0.1, 0.15) is 37.7 Å². The number of likely N-dealkylation sites (tertiary alicyclic amines) is 2. The number of rotatable bonds is 5. The smallest absolute Gasteiger partial charge is 0.245 e. The average molecular weight is 330 g/mol. The fourth-order valence-electron chi connectivity index (χ4n) is 3.70. The van der Waals surface area contributed by atoms with Crippen LogP contribution >= 0.6 is 0 Å². The van der Waals surface area contributed by atoms with Crippen molar-refractivity contribution >= 4 is 11.8 Å². The SMILES string of the molecule is O=C([C@@H]1C[C@@H](O)CN1C(=O)CCCc1ccccc1)N1CCCC1. The third-order valence-electron chi connectivity index (χ3n) is 5.00. The van der Waals surface area contributed by atoms with Crippen LogP contribution in [0.25, 0.3) is 0 Å². The molecule has 5 heteroatoms. The Morgan fingerprint density at radius 3 is 2.54 bits per heavy atom. The van der Waals surface area contributed by atoms with Crippen molar-refractivity contribution < 1.29 is 14.7 Å². The van der Waals surface area contributed by atoms with Gasteiger partial charge < -0.3 is 14.9 Å². The number of aryl methyl sites for hydroxylation is 1. The van der Waals surface area contributed by atoms with Crippen LogP contribution in [0, 0.1) is 0 Å². The van der Waals surface area contributed by atoms with Crippen molar-refractivity contribution in [3.8, 4) is 0 Å². The second kappa shape index (κ2) is 7.79. The van der Waals surface area contributed by atoms with Crippen LogP contribution in [-0.2, 0) is 16.0 Å². The molecule has 1 aromatic rings. The van der Waals surface area contributed by atoms with E-state index in [0.29, 0.717) is 12.8 Å². The van der Waals surface area contributed by atoms with Gasteiger partial charge in [-0.2, -0.15) is 0 Å². The number of benzene rings is 1. The van der Waals surface area contributed by atoms with Crippen molar-refractivity contribution in [3.05, 3.63) is 35.9 Å². The highest BCUT2D eigenvalue weighted by Gasteiger charge is 2.40. The molecule has 0 aromatic heterocycles. The predicted molar refractivity (Wildman–Crippen MR) is 91.3 cm³/mol. The number of hydrogen-bond donors (Lipinski definition) is 1. The molecule has 1 N–H and O–H groups in total. The van der Waals surface area contributed by atoms with Gasteiger partial charge in [0.2, 0.25) is 11.8 Å². The quantitative estimate of drug-likeness (QED) is 0.892. The van der Waals surface area contributed by atoms with Crippen molar-refractivity contribution in [2.45, 2.75) is 50.7 Å². The molecule has 0 spiro atoms. The maximum absolute atomic E-state index is 12.6. The van der Waals surface area contributed by atoms with Crippen LogP contribution in [0.3, 0.4) is 0 Å². The molecule has 2 heterocycles. The Morgan fingerprint density at radius 1 is 1.12 bits per heavy atom. The summed E-state index contributed by atoms with van der Waals surface area (Å²) in [5.41, 5.74) is 1.22. The molecule has 2 aliphatic heterocycles. The van der Waals surface area contributed by atoms with Gasteiger partial charge in [-0.3, -0.25) is 9.59 Å². The Labute approximate surface area is 143 Å². The molecular formula is C19H26N2O3. The molecule has 0 saturated carbocycles. The number of aliphatic hydroxyl groups excluding tert-OH is 1. The molecule has 2 amide bonds. The molecular weight excluding hydrogens is 304 g/mol. The first-order valence-electron chi connectivity index (χ1n) is 8.95. The standard InChI is InChI=1S/C19H26N2O3/c22-16-13-17(19(24)20-11-4-5-12-20)21(14-16)18(23)10-6-9-15-7-2-1-3-8-15/h1-3,7-8,16-17,22H,4-6,9-14H2/t16-,17+/m1/s1. The van der Waals surface area contributed by atoms with Gasteiger partial charge in [-0.05, 0) is 31.2 Å². The lowest BCUT2D eigenvalue weighted by Gasteiger charge is -2.27. The fraction of sp³-hybridized carbons (Fsp3) is 0.579. The van der Waals surface area contributed by atoms with E-state index < -0.39 is 12.1 Å². The minimum atomic E-state index is -0.584. The van der Waals surface area contributed by atoms with E-state index >= 15 is 0 Å². The summed E-state index contributed by atoms with van der Waals surface area (Å²) in [7, 11) is 0. The molecule has 3 rings (SSSR count). The summed E-state index contributed by atoms with van der Waals surface area (Å²) >= 11 is 0. The van der Waals surface area contributed by atoms with Gasteiger partial charge in [0.1, 0.15) is 6.04 Å². The summed E-state index contributed by atoms with van der Waals surface area (Å²) in [6.45, 7) is 1.84. The number of carbonyl (C=O) groups is 2. The Kier molecular flexibility index (Phi) is 5.51. The van der Waals surface area contributed by atoms with Crippen molar-refractivity contribution in [2.24, 2.45) is 0 Å². The summed E-state index contributed by atoms with van der Waals surface area (Å²) in [5.74, 6) is 0.000451. The molecule has 2 atom stereocenters. The van der Waals surface area contributed by atoms with Gasteiger partial charge in [0.15, 0.2) is 0 Å². The lowest BCUT2D eigenvalue weighted by atomic mass is 10.1. The van der Waals surface area contributed by atoms with Crippen LogP contribution in [0.15, 0.2) is 30.3 Å². The van der Waals surface area contributed by atoms with Gasteiger partial charge in [-0.15, -0.1) is 0 Å². The van der Waals surface area contributed by atoms with E-state index in [1.807, 2.05) is 23.1 Å². The van der Waals surface area contributed by atoms with Crippen LogP contribution in [0.2, 0.25) is 0 Å². The Morgan fingerprint density at radius 2 is 1.83 bits per heavy atom. The van der Waals surface area contributed by atoms with Gasteiger partial charge in [0.05, 0.1) is 6.10 Å². The average Bonchev–Trinajstić information content (AvgIpc) is 3.24. The molecule has 2 aliphatic rings. The Bertz CT molecular complexity index is 569. The maximum Gasteiger partial charge on any atom is 0.245 e. The highest BCUT2D eigenvalue weighted by molar-refractivity contribution is 5.88. The van der Waals surface area contributed by atoms with Crippen molar-refractivity contribution in [1.29, 1.82) is 0 Å². The molecule has 0 bridgehead atoms. The molecule has 0 unspecified atom stereocenters. The molecule has 24 heavy (non-hydrogen) atoms. The van der Waals surface area contributed by atoms with E-state index in [0.717, 1.165) is 38.8 Å². The second-order valence-corrected chi connectivity index (χ2v) is 6.82. The van der Waals surface area contributed by atoms with Gasteiger partial charge in [-0.25, -0.2) is 0 Å². The minimum Gasteiger partial charge on any atom is -0.391 e. The molecule has 1 aromatic carbocycles. The number of amides is 2. The van der Waals surface area contributed by atoms with E-state index in [1.165, 1.54) is 5.56 Å². The summed E-state index contributed by atoms with van der Waals surface area (Å²) in [6.07, 6.45) is 3.90. The first-order chi connectivity index (χ1) is 11.6. The second-order valence-electron chi connectivity index (χ2n) is 6.82. The highest BCUT2D eigenvalue weighted by atomic mass is 16.3. The zero-order valence-electron chi connectivity index (χ0n) is 14.1. The van der Waals surface area contributed by atoms with Crippen molar-refractivity contribution in [2.75, 3.05) is 19.6 Å². The third-order valence-corrected chi connectivity index (χ3v) is 5.00. The number of aliphatic hydroxyl groups is 1. The molecule has 0 radical (unpaired) electrons. The van der Waals surface area contributed by atoms with E-state index in [4.69, 9.17) is 0 Å². The van der Waals surface area contributed by atoms with Crippen LogP contribution in [0.4, 0.5) is 0 Å². The Balaban J connectivity index is 1.54. The number of nitrogens with zero attached hydrogens (tertiary/aromatic N) is 2. The van der Waals surface area contributed by atoms with Gasteiger partial charge >= 0.3 is 0 Å². The molecule has 5 nitrogen and oxygen atoms in total. The number of hydrogen-bond acceptors (Lipinski definition) is 3. The van der Waals surface area contributed by atoms with Gasteiger partial charge in [-0.1, -0.05) is 30.3 Å². The third kappa shape index (κ3) is 3.96. The summed E-state index contributed by atoms with van der Waals surface area (Å²) in [5, 5.41) is 9.95. The van der Waals surface area contributed by atoms with Crippen LogP contribution in [-0.4, -0.2) is 58.5 Å². The highest BCUT2D eigenvalue weighted by Crippen LogP contribution is 2.23. The van der Waals surface area contributed by atoms with E-state index in [1.54, 1.807) is 4.90 Å². The van der Waals surface area contributed by atoms with Crippen LogP contribution < -0.4 is 0 Å². The lowest BCUT2D eigenvalue weighted by molar-refractivity contribution is -0.143. The summed E-state index contributed by atoms with van der Waals surface area (Å²) in [6, 6.07) is 9.63. The predicted octanol–water partition coefficient (Wildman–Crippen LogP) is 1.59. The van der Waals surface area contributed by atoms with E-state index in [-0.39, 0.29) is 18.4 Å². The zero-order chi connectivity index (χ0) is 16.9. The largest absolute Gasteiger partial charge is 0.391 e. The molecule has 2 fully saturated rings. The normalized spacial score (nSPS) is 23.7. The molecule has 130 valence electrons. The van der Waals surface area contributed by atoms with Crippen molar-refractivity contribution in [3.63, 3.8) is 0 Å². The fourth-order valence-corrected chi connectivity index (χ4v) is 3.70. The maximum atomic E-state index is 12.6. The molecule has 0 aliphatic carbocycles. The summed E-state index contributed by atoms with van der Waals surface area (Å²) in [4.78, 5) is 28.6. The first-order valence-corrected chi connectivity index (χ1v) is 8.95. The first kappa shape index (κ1) is 17.0. The van der Waals surface area contributed by atoms with E-state index in [2.05, 4.69) is 12.1 Å². The Hall–Kier alpha value is -1.88. The van der Waals surface area contributed by atoms with Gasteiger partial charge in [0, 0.05) is 32.5 Å². The summed E-state index contributed by atoms with van der Waals surface area (Å²) < 4.78 is 0. The topological polar surface area (TPSA) is 60.9 Å². The molecule has 2 saturated heterocycles.